The maximum absolute atomic E-state index is 13.3. The lowest BCUT2D eigenvalue weighted by molar-refractivity contribution is -0.142. The highest BCUT2D eigenvalue weighted by molar-refractivity contribution is 5.43. The van der Waals surface area contributed by atoms with Crippen molar-refractivity contribution in [3.05, 3.63) is 59.3 Å². The molecule has 0 N–H and O–H groups in total. The average molecular weight is 375 g/mol. The summed E-state index contributed by atoms with van der Waals surface area (Å²) in [5.41, 5.74) is 1.69. The second kappa shape index (κ2) is 6.92. The summed E-state index contributed by atoms with van der Waals surface area (Å²) in [6.07, 6.45) is 0.891. The second-order valence-corrected chi connectivity index (χ2v) is 7.03. The number of hydrogen-bond donors (Lipinski definition) is 0. The Kier molecular flexibility index (Phi) is 4.59. The molecule has 0 aliphatic carbocycles. The normalized spacial score (nSPS) is 16.9. The highest BCUT2D eigenvalue weighted by atomic mass is 19.4. The Bertz CT molecular complexity index is 928. The number of piperidine rings is 1. The number of rotatable bonds is 3. The van der Waals surface area contributed by atoms with Crippen molar-refractivity contribution in [1.82, 2.24) is 24.5 Å². The summed E-state index contributed by atoms with van der Waals surface area (Å²) in [4.78, 5) is 10.7. The summed E-state index contributed by atoms with van der Waals surface area (Å²) in [5, 5.41) is 4.26. The Balaban J connectivity index is 1.51. The second-order valence-electron chi connectivity index (χ2n) is 7.03. The molecule has 3 aromatic heterocycles. The summed E-state index contributed by atoms with van der Waals surface area (Å²) in [6, 6.07) is 6.71. The number of halogens is 3. The van der Waals surface area contributed by atoms with Crippen LogP contribution in [0.1, 0.15) is 41.4 Å². The predicted molar refractivity (Wildman–Crippen MR) is 94.2 cm³/mol. The van der Waals surface area contributed by atoms with Crippen molar-refractivity contribution in [2.45, 2.75) is 38.4 Å². The lowest BCUT2D eigenvalue weighted by Gasteiger charge is -2.31. The molecule has 4 rings (SSSR count). The highest BCUT2D eigenvalue weighted by Crippen LogP contribution is 2.32. The van der Waals surface area contributed by atoms with Gasteiger partial charge >= 0.3 is 6.18 Å². The van der Waals surface area contributed by atoms with E-state index < -0.39 is 11.9 Å². The minimum atomic E-state index is -4.46. The smallest absolute Gasteiger partial charge is 0.299 e. The fraction of sp³-hybridized carbons (Fsp3) is 0.421. The number of likely N-dealkylation sites (tertiary alicyclic amines) is 1. The van der Waals surface area contributed by atoms with Gasteiger partial charge in [0.2, 0.25) is 0 Å². The van der Waals surface area contributed by atoms with Crippen LogP contribution in [0.25, 0.3) is 5.65 Å². The van der Waals surface area contributed by atoms with Crippen LogP contribution in [-0.2, 0) is 12.7 Å². The van der Waals surface area contributed by atoms with Crippen molar-refractivity contribution < 1.29 is 13.2 Å². The molecule has 142 valence electrons. The zero-order valence-electron chi connectivity index (χ0n) is 14.9. The zero-order valence-corrected chi connectivity index (χ0v) is 14.9. The molecular formula is C19H20F3N5. The lowest BCUT2D eigenvalue weighted by atomic mass is 9.93. The first-order chi connectivity index (χ1) is 12.9. The summed E-state index contributed by atoms with van der Waals surface area (Å²) >= 11 is 0. The van der Waals surface area contributed by atoms with Crippen LogP contribution in [0.5, 0.6) is 0 Å². The molecule has 0 spiro atoms. The van der Waals surface area contributed by atoms with Crippen LogP contribution in [-0.4, -0.2) is 37.6 Å². The molecule has 8 heteroatoms. The third-order valence-electron chi connectivity index (χ3n) is 5.00. The molecular weight excluding hydrogens is 355 g/mol. The van der Waals surface area contributed by atoms with Crippen molar-refractivity contribution >= 4 is 5.65 Å². The minimum Gasteiger partial charge on any atom is -0.299 e. The average Bonchev–Trinajstić information content (AvgIpc) is 3.05. The molecule has 0 atom stereocenters. The SMILES string of the molecule is Cc1cc(C(F)(F)F)n2nc(C3CCN(Cc4cccnc4)CC3)cc2n1. The fourth-order valence-corrected chi connectivity index (χ4v) is 3.66. The molecule has 5 nitrogen and oxygen atoms in total. The van der Waals surface area contributed by atoms with Crippen LogP contribution in [0.15, 0.2) is 36.7 Å². The number of fused-ring (bicyclic) bond motifs is 1. The topological polar surface area (TPSA) is 46.3 Å². The van der Waals surface area contributed by atoms with Gasteiger partial charge in [-0.2, -0.15) is 18.3 Å². The van der Waals surface area contributed by atoms with Crippen LogP contribution in [0.3, 0.4) is 0 Å². The van der Waals surface area contributed by atoms with Gasteiger partial charge in [0.05, 0.1) is 5.69 Å². The van der Waals surface area contributed by atoms with Gasteiger partial charge in [0.15, 0.2) is 5.65 Å². The van der Waals surface area contributed by atoms with Crippen LogP contribution >= 0.6 is 0 Å². The van der Waals surface area contributed by atoms with Gasteiger partial charge in [-0.1, -0.05) is 6.07 Å². The van der Waals surface area contributed by atoms with Crippen molar-refractivity contribution in [1.29, 1.82) is 0 Å². The maximum atomic E-state index is 13.3. The van der Waals surface area contributed by atoms with Gasteiger partial charge in [0, 0.05) is 36.6 Å². The standard InChI is InChI=1S/C19H20F3N5/c1-13-9-17(19(20,21)22)27-18(24-13)10-16(25-27)15-4-7-26(8-5-15)12-14-3-2-6-23-11-14/h2-3,6,9-11,15H,4-5,7-8,12H2,1H3. The third kappa shape index (κ3) is 3.80. The monoisotopic (exact) mass is 375 g/mol. The Morgan fingerprint density at radius 3 is 2.63 bits per heavy atom. The van der Waals surface area contributed by atoms with E-state index in [0.717, 1.165) is 48.6 Å². The molecule has 0 aromatic carbocycles. The fourth-order valence-electron chi connectivity index (χ4n) is 3.66. The van der Waals surface area contributed by atoms with Crippen molar-refractivity contribution in [3.8, 4) is 0 Å². The van der Waals surface area contributed by atoms with Crippen molar-refractivity contribution in [2.24, 2.45) is 0 Å². The molecule has 1 aliphatic rings. The molecule has 0 bridgehead atoms. The summed E-state index contributed by atoms with van der Waals surface area (Å²) in [6.45, 7) is 4.17. The number of alkyl halides is 3. The quantitative estimate of drug-likeness (QED) is 0.698. The van der Waals surface area contributed by atoms with E-state index in [-0.39, 0.29) is 11.6 Å². The Morgan fingerprint density at radius 1 is 1.19 bits per heavy atom. The number of pyridine rings is 1. The molecule has 3 aromatic rings. The van der Waals surface area contributed by atoms with Gasteiger partial charge in [0.25, 0.3) is 0 Å². The molecule has 27 heavy (non-hydrogen) atoms. The van der Waals surface area contributed by atoms with Crippen LogP contribution in [0.4, 0.5) is 13.2 Å². The van der Waals surface area contributed by atoms with E-state index in [1.54, 1.807) is 19.2 Å². The van der Waals surface area contributed by atoms with Crippen LogP contribution in [0.2, 0.25) is 0 Å². The third-order valence-corrected chi connectivity index (χ3v) is 5.00. The van der Waals surface area contributed by atoms with Gasteiger partial charge in [-0.3, -0.25) is 9.88 Å². The predicted octanol–water partition coefficient (Wildman–Crippen LogP) is 3.83. The number of aryl methyl sites for hydroxylation is 1. The number of nitrogens with zero attached hydrogens (tertiary/aromatic N) is 5. The van der Waals surface area contributed by atoms with E-state index in [2.05, 4.69) is 20.0 Å². The number of aromatic nitrogens is 4. The maximum Gasteiger partial charge on any atom is 0.433 e. The Hall–Kier alpha value is -2.48. The lowest BCUT2D eigenvalue weighted by Crippen LogP contribution is -2.32. The van der Waals surface area contributed by atoms with Crippen molar-refractivity contribution in [2.75, 3.05) is 13.1 Å². The van der Waals surface area contributed by atoms with Crippen LogP contribution in [0, 0.1) is 6.92 Å². The molecule has 1 saturated heterocycles. The van der Waals surface area contributed by atoms with E-state index in [0.29, 0.717) is 11.4 Å². The van der Waals surface area contributed by atoms with E-state index in [1.165, 1.54) is 0 Å². The summed E-state index contributed by atoms with van der Waals surface area (Å²) in [5.74, 6) is 0.151. The molecule has 4 heterocycles. The summed E-state index contributed by atoms with van der Waals surface area (Å²) < 4.78 is 40.9. The largest absolute Gasteiger partial charge is 0.433 e. The van der Waals surface area contributed by atoms with E-state index in [9.17, 15) is 13.2 Å². The molecule has 0 unspecified atom stereocenters. The summed E-state index contributed by atoms with van der Waals surface area (Å²) in [7, 11) is 0. The first-order valence-corrected chi connectivity index (χ1v) is 8.96. The van der Waals surface area contributed by atoms with E-state index in [1.807, 2.05) is 18.3 Å². The van der Waals surface area contributed by atoms with Crippen molar-refractivity contribution in [3.63, 3.8) is 0 Å². The molecule has 0 radical (unpaired) electrons. The first-order valence-electron chi connectivity index (χ1n) is 8.96. The van der Waals surface area contributed by atoms with Gasteiger partial charge in [-0.15, -0.1) is 0 Å². The molecule has 0 amide bonds. The molecule has 1 fully saturated rings. The highest BCUT2D eigenvalue weighted by Gasteiger charge is 2.35. The van der Waals surface area contributed by atoms with E-state index >= 15 is 0 Å². The van der Waals surface area contributed by atoms with Gasteiger partial charge < -0.3 is 0 Å². The Labute approximate surface area is 154 Å². The molecule has 0 saturated carbocycles. The van der Waals surface area contributed by atoms with Gasteiger partial charge in [0.1, 0.15) is 5.69 Å². The van der Waals surface area contributed by atoms with Gasteiger partial charge in [-0.25, -0.2) is 9.50 Å². The zero-order chi connectivity index (χ0) is 19.0. The van der Waals surface area contributed by atoms with Crippen LogP contribution < -0.4 is 0 Å². The van der Waals surface area contributed by atoms with E-state index in [4.69, 9.17) is 0 Å². The first kappa shape index (κ1) is 17.9. The Morgan fingerprint density at radius 2 is 1.96 bits per heavy atom. The minimum absolute atomic E-state index is 0.151. The number of hydrogen-bond acceptors (Lipinski definition) is 4. The van der Waals surface area contributed by atoms with Gasteiger partial charge in [-0.05, 0) is 50.6 Å². The molecule has 1 aliphatic heterocycles.